The molecule has 1 amide bonds. The Balaban J connectivity index is 1.61. The smallest absolute Gasteiger partial charge is 0.260 e. The van der Waals surface area contributed by atoms with Crippen molar-refractivity contribution >= 4 is 15.9 Å². The van der Waals surface area contributed by atoms with Crippen molar-refractivity contribution in [2.45, 2.75) is 39.5 Å². The highest BCUT2D eigenvalue weighted by Crippen LogP contribution is 2.26. The van der Waals surface area contributed by atoms with Gasteiger partial charge >= 0.3 is 0 Å². The molecule has 0 unspecified atom stereocenters. The SMILES string of the molecule is Cc1ccc(C)c(OCC(=O)N2CCN(S(=O)(=O)c3c(C)noc3C)CC2)c1C. The van der Waals surface area contributed by atoms with Gasteiger partial charge in [-0.15, -0.1) is 0 Å². The molecule has 8 nitrogen and oxygen atoms in total. The number of hydrogen-bond acceptors (Lipinski definition) is 6. The fourth-order valence-corrected chi connectivity index (χ4v) is 5.24. The number of rotatable bonds is 5. The standard InChI is InChI=1S/C20H27N3O5S/c1-13-6-7-14(2)19(15(13)3)27-12-18(24)22-8-10-23(11-9-22)29(25,26)20-16(4)21-28-17(20)5/h6-7H,8-12H2,1-5H3. The van der Waals surface area contributed by atoms with Crippen LogP contribution in [0.25, 0.3) is 0 Å². The Morgan fingerprint density at radius 1 is 1.07 bits per heavy atom. The van der Waals surface area contributed by atoms with E-state index < -0.39 is 10.0 Å². The lowest BCUT2D eigenvalue weighted by Crippen LogP contribution is -2.51. The van der Waals surface area contributed by atoms with E-state index in [-0.39, 0.29) is 36.3 Å². The summed E-state index contributed by atoms with van der Waals surface area (Å²) in [7, 11) is -3.69. The summed E-state index contributed by atoms with van der Waals surface area (Å²) in [6, 6.07) is 4.00. The van der Waals surface area contributed by atoms with Gasteiger partial charge in [0.25, 0.3) is 5.91 Å². The number of carbonyl (C=O) groups excluding carboxylic acids is 1. The summed E-state index contributed by atoms with van der Waals surface area (Å²) >= 11 is 0. The third-order valence-corrected chi connectivity index (χ3v) is 7.51. The van der Waals surface area contributed by atoms with Gasteiger partial charge in [-0.25, -0.2) is 8.42 Å². The van der Waals surface area contributed by atoms with Crippen LogP contribution in [0.3, 0.4) is 0 Å². The molecular formula is C20H27N3O5S. The molecule has 2 heterocycles. The summed E-state index contributed by atoms with van der Waals surface area (Å²) in [4.78, 5) is 14.3. The minimum absolute atomic E-state index is 0.0677. The molecule has 1 aliphatic rings. The molecule has 0 saturated carbocycles. The number of hydrogen-bond donors (Lipinski definition) is 0. The third-order valence-electron chi connectivity index (χ3n) is 5.37. The van der Waals surface area contributed by atoms with E-state index in [0.29, 0.717) is 18.8 Å². The normalized spacial score (nSPS) is 15.6. The first-order valence-electron chi connectivity index (χ1n) is 9.53. The predicted molar refractivity (Wildman–Crippen MR) is 107 cm³/mol. The number of carbonyl (C=O) groups is 1. The molecule has 3 rings (SSSR count). The number of amides is 1. The van der Waals surface area contributed by atoms with Crippen molar-refractivity contribution < 1.29 is 22.5 Å². The molecule has 0 bridgehead atoms. The predicted octanol–water partition coefficient (Wildman–Crippen LogP) is 2.13. The average Bonchev–Trinajstić information content (AvgIpc) is 3.03. The highest BCUT2D eigenvalue weighted by atomic mass is 32.2. The molecule has 1 aromatic carbocycles. The lowest BCUT2D eigenvalue weighted by molar-refractivity contribution is -0.134. The molecule has 0 aliphatic carbocycles. The van der Waals surface area contributed by atoms with Crippen LogP contribution in [0, 0.1) is 34.6 Å². The van der Waals surface area contributed by atoms with Crippen molar-refractivity contribution in [3.05, 3.63) is 40.3 Å². The number of sulfonamides is 1. The summed E-state index contributed by atoms with van der Waals surface area (Å²) in [6.45, 7) is 10.1. The van der Waals surface area contributed by atoms with Gasteiger partial charge in [0.15, 0.2) is 12.4 Å². The van der Waals surface area contributed by atoms with Crippen molar-refractivity contribution in [2.75, 3.05) is 32.8 Å². The topological polar surface area (TPSA) is 93.0 Å². The second-order valence-corrected chi connectivity index (χ2v) is 9.26. The monoisotopic (exact) mass is 421 g/mol. The zero-order valence-electron chi connectivity index (χ0n) is 17.5. The van der Waals surface area contributed by atoms with E-state index in [4.69, 9.17) is 9.26 Å². The van der Waals surface area contributed by atoms with Gasteiger partial charge < -0.3 is 14.2 Å². The van der Waals surface area contributed by atoms with E-state index in [1.807, 2.05) is 32.9 Å². The molecule has 158 valence electrons. The van der Waals surface area contributed by atoms with Gasteiger partial charge in [0.1, 0.15) is 16.3 Å². The molecule has 29 heavy (non-hydrogen) atoms. The molecule has 9 heteroatoms. The quantitative estimate of drug-likeness (QED) is 0.734. The number of nitrogens with zero attached hydrogens (tertiary/aromatic N) is 3. The van der Waals surface area contributed by atoms with E-state index in [1.165, 1.54) is 4.31 Å². The zero-order chi connectivity index (χ0) is 21.3. The Hall–Kier alpha value is -2.39. The van der Waals surface area contributed by atoms with Crippen LogP contribution in [-0.2, 0) is 14.8 Å². The largest absolute Gasteiger partial charge is 0.483 e. The third kappa shape index (κ3) is 4.16. The van der Waals surface area contributed by atoms with Crippen LogP contribution in [0.15, 0.2) is 21.6 Å². The number of piperazine rings is 1. The summed E-state index contributed by atoms with van der Waals surface area (Å²) in [5.74, 6) is 0.857. The van der Waals surface area contributed by atoms with Crippen LogP contribution in [-0.4, -0.2) is 61.5 Å². The summed E-state index contributed by atoms with van der Waals surface area (Å²) in [5.41, 5.74) is 3.46. The van der Waals surface area contributed by atoms with Gasteiger partial charge in [0, 0.05) is 26.2 Å². The second kappa shape index (κ2) is 8.16. The average molecular weight is 422 g/mol. The number of benzene rings is 1. The Morgan fingerprint density at radius 2 is 1.69 bits per heavy atom. The Morgan fingerprint density at radius 3 is 2.28 bits per heavy atom. The molecule has 1 aliphatic heterocycles. The molecule has 0 spiro atoms. The molecule has 1 saturated heterocycles. The molecule has 1 fully saturated rings. The maximum atomic E-state index is 12.9. The summed E-state index contributed by atoms with van der Waals surface area (Å²) < 4.78 is 37.9. The minimum Gasteiger partial charge on any atom is -0.483 e. The van der Waals surface area contributed by atoms with Crippen molar-refractivity contribution in [1.29, 1.82) is 0 Å². The maximum Gasteiger partial charge on any atom is 0.260 e. The maximum absolute atomic E-state index is 12.9. The van der Waals surface area contributed by atoms with Crippen LogP contribution in [0.5, 0.6) is 5.75 Å². The fraction of sp³-hybridized carbons (Fsp3) is 0.500. The van der Waals surface area contributed by atoms with E-state index in [1.54, 1.807) is 18.7 Å². The van der Waals surface area contributed by atoms with Crippen molar-refractivity contribution in [3.63, 3.8) is 0 Å². The molecule has 0 N–H and O–H groups in total. The van der Waals surface area contributed by atoms with E-state index in [0.717, 1.165) is 22.4 Å². The Bertz CT molecular complexity index is 1000. The van der Waals surface area contributed by atoms with Crippen LogP contribution in [0.2, 0.25) is 0 Å². The first-order chi connectivity index (χ1) is 13.6. The van der Waals surface area contributed by atoms with Gasteiger partial charge in [0.05, 0.1) is 0 Å². The van der Waals surface area contributed by atoms with Gasteiger partial charge in [-0.1, -0.05) is 17.3 Å². The van der Waals surface area contributed by atoms with Crippen molar-refractivity contribution in [2.24, 2.45) is 0 Å². The highest BCUT2D eigenvalue weighted by Gasteiger charge is 2.34. The highest BCUT2D eigenvalue weighted by molar-refractivity contribution is 7.89. The van der Waals surface area contributed by atoms with Gasteiger partial charge in [-0.2, -0.15) is 4.31 Å². The second-order valence-electron chi connectivity index (χ2n) is 7.38. The number of aromatic nitrogens is 1. The molecule has 1 aromatic heterocycles. The summed E-state index contributed by atoms with van der Waals surface area (Å²) in [6.07, 6.45) is 0. The van der Waals surface area contributed by atoms with Crippen molar-refractivity contribution in [3.8, 4) is 5.75 Å². The number of aryl methyl sites for hydroxylation is 4. The lowest BCUT2D eigenvalue weighted by atomic mass is 10.1. The lowest BCUT2D eigenvalue weighted by Gasteiger charge is -2.33. The van der Waals surface area contributed by atoms with Crippen LogP contribution < -0.4 is 4.74 Å². The van der Waals surface area contributed by atoms with Gasteiger partial charge in [-0.05, 0) is 51.3 Å². The van der Waals surface area contributed by atoms with E-state index in [2.05, 4.69) is 5.16 Å². The first kappa shape index (κ1) is 21.3. The van der Waals surface area contributed by atoms with E-state index >= 15 is 0 Å². The van der Waals surface area contributed by atoms with Crippen LogP contribution in [0.4, 0.5) is 0 Å². The van der Waals surface area contributed by atoms with Crippen LogP contribution >= 0.6 is 0 Å². The Kier molecular flexibility index (Phi) is 6.00. The molecule has 0 atom stereocenters. The summed E-state index contributed by atoms with van der Waals surface area (Å²) in [5, 5.41) is 3.73. The number of ether oxygens (including phenoxy) is 1. The minimum atomic E-state index is -3.69. The van der Waals surface area contributed by atoms with Gasteiger partial charge in [0.2, 0.25) is 10.0 Å². The fourth-order valence-electron chi connectivity index (χ4n) is 3.52. The first-order valence-corrected chi connectivity index (χ1v) is 11.0. The molecular weight excluding hydrogens is 394 g/mol. The van der Waals surface area contributed by atoms with Gasteiger partial charge in [-0.3, -0.25) is 4.79 Å². The van der Waals surface area contributed by atoms with Crippen LogP contribution in [0.1, 0.15) is 28.1 Å². The van der Waals surface area contributed by atoms with E-state index in [9.17, 15) is 13.2 Å². The molecule has 0 radical (unpaired) electrons. The molecule has 2 aromatic rings. The van der Waals surface area contributed by atoms with Crippen molar-refractivity contribution in [1.82, 2.24) is 14.4 Å². The Labute approximate surface area is 171 Å². The zero-order valence-corrected chi connectivity index (χ0v) is 18.3.